The Labute approximate surface area is 112 Å². The van der Waals surface area contributed by atoms with Gasteiger partial charge in [-0.25, -0.2) is 4.39 Å². The predicted octanol–water partition coefficient (Wildman–Crippen LogP) is 2.87. The Bertz CT molecular complexity index is 567. The second kappa shape index (κ2) is 5.02. The van der Waals surface area contributed by atoms with Gasteiger partial charge in [0, 0.05) is 17.5 Å². The number of benzene rings is 2. The number of nitrogens with two attached hydrogens (primary N) is 1. The van der Waals surface area contributed by atoms with Crippen LogP contribution in [0, 0.1) is 5.82 Å². The molecule has 0 fully saturated rings. The van der Waals surface area contributed by atoms with E-state index < -0.39 is 0 Å². The van der Waals surface area contributed by atoms with Crippen LogP contribution in [0.25, 0.3) is 0 Å². The molecule has 0 aromatic heterocycles. The number of halogens is 1. The van der Waals surface area contributed by atoms with Gasteiger partial charge in [-0.05, 0) is 30.2 Å². The maximum Gasteiger partial charge on any atom is 0.123 e. The minimum atomic E-state index is -0.216. The molecule has 98 valence electrons. The zero-order valence-electron chi connectivity index (χ0n) is 10.6. The molecule has 0 amide bonds. The lowest BCUT2D eigenvalue weighted by atomic mass is 9.90. The molecule has 0 spiro atoms. The predicted molar refractivity (Wildman–Crippen MR) is 72.8 cm³/mol. The second-order valence-corrected chi connectivity index (χ2v) is 4.95. The van der Waals surface area contributed by atoms with Crippen LogP contribution < -0.4 is 10.5 Å². The van der Waals surface area contributed by atoms with Gasteiger partial charge in [-0.1, -0.05) is 30.3 Å². The summed E-state index contributed by atoms with van der Waals surface area (Å²) in [4.78, 5) is 0. The molecule has 0 aliphatic carbocycles. The van der Waals surface area contributed by atoms with Crippen molar-refractivity contribution >= 4 is 0 Å². The molecular formula is C16H16FNO. The summed E-state index contributed by atoms with van der Waals surface area (Å²) in [6, 6.07) is 14.5. The van der Waals surface area contributed by atoms with Crippen LogP contribution in [0.5, 0.6) is 5.75 Å². The standard InChI is InChI=1S/C16H16FNO/c17-12-7-5-11(6-8-12)9-15(18)14-10-19-16-4-2-1-3-13(14)16/h1-8,14-15H,9-10,18H2. The Morgan fingerprint density at radius 1 is 1.16 bits per heavy atom. The number of hydrogen-bond acceptors (Lipinski definition) is 2. The lowest BCUT2D eigenvalue weighted by molar-refractivity contribution is 0.313. The van der Waals surface area contributed by atoms with Crippen LogP contribution in [-0.4, -0.2) is 12.6 Å². The summed E-state index contributed by atoms with van der Waals surface area (Å²) in [6.07, 6.45) is 0.725. The Morgan fingerprint density at radius 2 is 1.89 bits per heavy atom. The number of hydrogen-bond donors (Lipinski definition) is 1. The molecule has 2 unspecified atom stereocenters. The SMILES string of the molecule is NC(Cc1ccc(F)cc1)C1COc2ccccc21. The van der Waals surface area contributed by atoms with Gasteiger partial charge in [-0.2, -0.15) is 0 Å². The fourth-order valence-electron chi connectivity index (χ4n) is 2.58. The van der Waals surface area contributed by atoms with Crippen molar-refractivity contribution in [3.8, 4) is 5.75 Å². The van der Waals surface area contributed by atoms with E-state index in [1.807, 2.05) is 18.2 Å². The fourth-order valence-corrected chi connectivity index (χ4v) is 2.58. The summed E-state index contributed by atoms with van der Waals surface area (Å²) in [7, 11) is 0. The van der Waals surface area contributed by atoms with Crippen molar-refractivity contribution in [1.29, 1.82) is 0 Å². The molecule has 0 saturated heterocycles. The van der Waals surface area contributed by atoms with Crippen LogP contribution in [0.15, 0.2) is 48.5 Å². The third kappa shape index (κ3) is 2.47. The third-order valence-corrected chi connectivity index (χ3v) is 3.64. The minimum Gasteiger partial charge on any atom is -0.493 e. The fraction of sp³-hybridized carbons (Fsp3) is 0.250. The smallest absolute Gasteiger partial charge is 0.123 e. The molecule has 3 heteroatoms. The zero-order valence-corrected chi connectivity index (χ0v) is 10.6. The summed E-state index contributed by atoms with van der Waals surface area (Å²) in [5, 5.41) is 0. The maximum atomic E-state index is 12.9. The molecule has 1 aliphatic rings. The highest BCUT2D eigenvalue weighted by Crippen LogP contribution is 2.35. The van der Waals surface area contributed by atoms with Gasteiger partial charge in [0.1, 0.15) is 11.6 Å². The lowest BCUT2D eigenvalue weighted by Crippen LogP contribution is -2.31. The van der Waals surface area contributed by atoms with Crippen molar-refractivity contribution in [2.24, 2.45) is 5.73 Å². The van der Waals surface area contributed by atoms with Gasteiger partial charge in [0.2, 0.25) is 0 Å². The van der Waals surface area contributed by atoms with Crippen LogP contribution in [0.3, 0.4) is 0 Å². The lowest BCUT2D eigenvalue weighted by Gasteiger charge is -2.18. The van der Waals surface area contributed by atoms with Crippen LogP contribution in [-0.2, 0) is 6.42 Å². The first-order chi connectivity index (χ1) is 9.24. The minimum absolute atomic E-state index is 0.0193. The van der Waals surface area contributed by atoms with Gasteiger partial charge >= 0.3 is 0 Å². The molecule has 19 heavy (non-hydrogen) atoms. The van der Waals surface area contributed by atoms with E-state index in [2.05, 4.69) is 6.07 Å². The van der Waals surface area contributed by atoms with Gasteiger partial charge in [0.25, 0.3) is 0 Å². The van der Waals surface area contributed by atoms with E-state index in [1.165, 1.54) is 17.7 Å². The van der Waals surface area contributed by atoms with E-state index in [0.29, 0.717) is 6.61 Å². The van der Waals surface area contributed by atoms with E-state index in [-0.39, 0.29) is 17.8 Å². The van der Waals surface area contributed by atoms with Crippen molar-refractivity contribution in [1.82, 2.24) is 0 Å². The Morgan fingerprint density at radius 3 is 2.68 bits per heavy atom. The number of fused-ring (bicyclic) bond motifs is 1. The van der Waals surface area contributed by atoms with E-state index in [4.69, 9.17) is 10.5 Å². The summed E-state index contributed by atoms with van der Waals surface area (Å²) in [5.41, 5.74) is 8.52. The van der Waals surface area contributed by atoms with Gasteiger partial charge in [0.05, 0.1) is 6.61 Å². The van der Waals surface area contributed by atoms with Gasteiger partial charge in [-0.15, -0.1) is 0 Å². The summed E-state index contributed by atoms with van der Waals surface area (Å²) in [5.74, 6) is 0.926. The molecule has 2 nitrogen and oxygen atoms in total. The van der Waals surface area contributed by atoms with E-state index in [1.54, 1.807) is 12.1 Å². The summed E-state index contributed by atoms with van der Waals surface area (Å²) >= 11 is 0. The molecular weight excluding hydrogens is 241 g/mol. The Kier molecular flexibility index (Phi) is 3.22. The van der Waals surface area contributed by atoms with Crippen molar-refractivity contribution < 1.29 is 9.13 Å². The van der Waals surface area contributed by atoms with Crippen molar-refractivity contribution in [2.75, 3.05) is 6.61 Å². The molecule has 2 atom stereocenters. The molecule has 3 rings (SSSR count). The van der Waals surface area contributed by atoms with Crippen LogP contribution in [0.4, 0.5) is 4.39 Å². The normalized spacial score (nSPS) is 18.7. The van der Waals surface area contributed by atoms with Crippen LogP contribution in [0.1, 0.15) is 17.0 Å². The number of para-hydroxylation sites is 1. The van der Waals surface area contributed by atoms with E-state index in [9.17, 15) is 4.39 Å². The van der Waals surface area contributed by atoms with Crippen molar-refractivity contribution in [2.45, 2.75) is 18.4 Å². The van der Waals surface area contributed by atoms with Crippen LogP contribution in [0.2, 0.25) is 0 Å². The Hall–Kier alpha value is -1.87. The average Bonchev–Trinajstić information content (AvgIpc) is 2.85. The average molecular weight is 257 g/mol. The third-order valence-electron chi connectivity index (χ3n) is 3.64. The zero-order chi connectivity index (χ0) is 13.2. The highest BCUT2D eigenvalue weighted by molar-refractivity contribution is 5.40. The number of rotatable bonds is 3. The first-order valence-electron chi connectivity index (χ1n) is 6.46. The van der Waals surface area contributed by atoms with Gasteiger partial charge < -0.3 is 10.5 Å². The van der Waals surface area contributed by atoms with E-state index >= 15 is 0 Å². The van der Waals surface area contributed by atoms with E-state index in [0.717, 1.165) is 17.7 Å². The Balaban J connectivity index is 1.75. The molecule has 1 aliphatic heterocycles. The largest absolute Gasteiger partial charge is 0.493 e. The topological polar surface area (TPSA) is 35.2 Å². The molecule has 0 saturated carbocycles. The molecule has 2 N–H and O–H groups in total. The number of ether oxygens (including phenoxy) is 1. The highest BCUT2D eigenvalue weighted by atomic mass is 19.1. The summed E-state index contributed by atoms with van der Waals surface area (Å²) in [6.45, 7) is 0.627. The summed E-state index contributed by atoms with van der Waals surface area (Å²) < 4.78 is 18.5. The maximum absolute atomic E-state index is 12.9. The highest BCUT2D eigenvalue weighted by Gasteiger charge is 2.28. The molecule has 2 aromatic carbocycles. The molecule has 0 radical (unpaired) electrons. The quantitative estimate of drug-likeness (QED) is 0.917. The molecule has 0 bridgehead atoms. The van der Waals surface area contributed by atoms with Gasteiger partial charge in [0.15, 0.2) is 0 Å². The first-order valence-corrected chi connectivity index (χ1v) is 6.46. The van der Waals surface area contributed by atoms with Gasteiger partial charge in [-0.3, -0.25) is 0 Å². The second-order valence-electron chi connectivity index (χ2n) is 4.95. The van der Waals surface area contributed by atoms with Crippen molar-refractivity contribution in [3.05, 3.63) is 65.5 Å². The molecule has 1 heterocycles. The van der Waals surface area contributed by atoms with Crippen molar-refractivity contribution in [3.63, 3.8) is 0 Å². The van der Waals surface area contributed by atoms with Crippen LogP contribution >= 0.6 is 0 Å². The monoisotopic (exact) mass is 257 g/mol. The first kappa shape index (κ1) is 12.2. The molecule has 2 aromatic rings.